The normalized spacial score (nSPS) is 19.2. The first-order valence-corrected chi connectivity index (χ1v) is 9.16. The van der Waals surface area contributed by atoms with Crippen molar-refractivity contribution in [3.05, 3.63) is 29.9 Å². The number of amides is 1. The van der Waals surface area contributed by atoms with Crippen molar-refractivity contribution < 1.29 is 17.7 Å². The highest BCUT2D eigenvalue weighted by molar-refractivity contribution is 7.91. The van der Waals surface area contributed by atoms with E-state index in [0.717, 1.165) is 0 Å². The highest BCUT2D eigenvalue weighted by Crippen LogP contribution is 2.21. The lowest BCUT2D eigenvalue weighted by molar-refractivity contribution is 0.102. The number of rotatable bonds is 4. The Bertz CT molecular complexity index is 864. The van der Waals surface area contributed by atoms with Gasteiger partial charge in [-0.1, -0.05) is 5.16 Å². The summed E-state index contributed by atoms with van der Waals surface area (Å²) < 4.78 is 28.1. The zero-order valence-corrected chi connectivity index (χ0v) is 14.1. The maximum Gasteiger partial charge on any atom is 0.275 e. The van der Waals surface area contributed by atoms with Crippen molar-refractivity contribution >= 4 is 27.4 Å². The van der Waals surface area contributed by atoms with Crippen LogP contribution in [0, 0.1) is 6.92 Å². The lowest BCUT2D eigenvalue weighted by atomic mass is 10.2. The van der Waals surface area contributed by atoms with E-state index in [2.05, 4.69) is 20.4 Å². The highest BCUT2D eigenvalue weighted by Gasteiger charge is 2.31. The molecule has 1 unspecified atom stereocenters. The van der Waals surface area contributed by atoms with Gasteiger partial charge < -0.3 is 14.7 Å². The van der Waals surface area contributed by atoms with Crippen LogP contribution in [0.15, 0.2) is 23.0 Å². The van der Waals surface area contributed by atoms with E-state index in [9.17, 15) is 13.2 Å². The average molecular weight is 351 g/mol. The van der Waals surface area contributed by atoms with Crippen molar-refractivity contribution in [1.29, 1.82) is 0 Å². The number of hydrogen-bond donors (Lipinski definition) is 1. The minimum atomic E-state index is -3.00. The standard InChI is InChI=1S/C14H17N5O4S/c1-9-5-12(18-23-9)17-14(20)11-6-13(16-8-15-11)19(2)10-3-4-24(21,22)7-10/h5-6,8,10H,3-4,7H2,1-2H3,(H,17,18,20). The molecule has 1 amide bonds. The SMILES string of the molecule is Cc1cc(NC(=O)c2cc(N(C)C3CCS(=O)(=O)C3)ncn2)no1. The summed E-state index contributed by atoms with van der Waals surface area (Å²) in [5.41, 5.74) is 0.161. The summed E-state index contributed by atoms with van der Waals surface area (Å²) in [4.78, 5) is 22.1. The van der Waals surface area contributed by atoms with Gasteiger partial charge in [-0.2, -0.15) is 0 Å². The molecule has 9 nitrogen and oxygen atoms in total. The predicted octanol–water partition coefficient (Wildman–Crippen LogP) is 0.649. The fourth-order valence-electron chi connectivity index (χ4n) is 2.54. The molecule has 1 fully saturated rings. The van der Waals surface area contributed by atoms with Crippen molar-refractivity contribution in [2.24, 2.45) is 0 Å². The molecule has 1 saturated heterocycles. The Morgan fingerprint density at radius 2 is 2.17 bits per heavy atom. The van der Waals surface area contributed by atoms with Gasteiger partial charge in [-0.15, -0.1) is 0 Å². The number of anilines is 2. The van der Waals surface area contributed by atoms with Crippen LogP contribution >= 0.6 is 0 Å². The van der Waals surface area contributed by atoms with Gasteiger partial charge in [-0.05, 0) is 13.3 Å². The average Bonchev–Trinajstić information content (AvgIpc) is 3.12. The molecule has 128 valence electrons. The van der Waals surface area contributed by atoms with E-state index in [1.54, 1.807) is 24.9 Å². The summed E-state index contributed by atoms with van der Waals surface area (Å²) in [6, 6.07) is 2.96. The first kappa shape index (κ1) is 16.4. The number of aryl methyl sites for hydroxylation is 1. The monoisotopic (exact) mass is 351 g/mol. The van der Waals surface area contributed by atoms with Crippen molar-refractivity contribution in [2.45, 2.75) is 19.4 Å². The summed E-state index contributed by atoms with van der Waals surface area (Å²) in [6.45, 7) is 1.72. The molecule has 2 aromatic heterocycles. The smallest absolute Gasteiger partial charge is 0.275 e. The van der Waals surface area contributed by atoms with E-state index >= 15 is 0 Å². The van der Waals surface area contributed by atoms with E-state index in [1.165, 1.54) is 12.4 Å². The molecule has 10 heteroatoms. The molecule has 3 rings (SSSR count). The molecule has 3 heterocycles. The second-order valence-electron chi connectivity index (χ2n) is 5.71. The van der Waals surface area contributed by atoms with Crippen molar-refractivity contribution in [2.75, 3.05) is 28.8 Å². The van der Waals surface area contributed by atoms with Crippen LogP contribution in [0.3, 0.4) is 0 Å². The van der Waals surface area contributed by atoms with Gasteiger partial charge in [-0.3, -0.25) is 4.79 Å². The largest absolute Gasteiger partial charge is 0.360 e. The molecule has 0 spiro atoms. The lowest BCUT2D eigenvalue weighted by Crippen LogP contribution is -2.33. The van der Waals surface area contributed by atoms with Gasteiger partial charge in [0.15, 0.2) is 15.7 Å². The van der Waals surface area contributed by atoms with Gasteiger partial charge in [0.25, 0.3) is 5.91 Å². The molecule has 0 radical (unpaired) electrons. The van der Waals surface area contributed by atoms with Crippen LogP contribution in [0.2, 0.25) is 0 Å². The van der Waals surface area contributed by atoms with Crippen LogP contribution in [0.5, 0.6) is 0 Å². The van der Waals surface area contributed by atoms with Crippen molar-refractivity contribution in [3.63, 3.8) is 0 Å². The molecular formula is C14H17N5O4S. The van der Waals surface area contributed by atoms with Crippen LogP contribution in [-0.4, -0.2) is 54.0 Å². The Morgan fingerprint density at radius 1 is 1.38 bits per heavy atom. The topological polar surface area (TPSA) is 118 Å². The van der Waals surface area contributed by atoms with Crippen LogP contribution in [-0.2, 0) is 9.84 Å². The molecule has 1 aliphatic heterocycles. The van der Waals surface area contributed by atoms with Gasteiger partial charge in [0.05, 0.1) is 11.5 Å². The first-order chi connectivity index (χ1) is 11.3. The maximum atomic E-state index is 12.2. The first-order valence-electron chi connectivity index (χ1n) is 7.34. The lowest BCUT2D eigenvalue weighted by Gasteiger charge is -2.24. The molecule has 1 aliphatic rings. The zero-order chi connectivity index (χ0) is 17.3. The zero-order valence-electron chi connectivity index (χ0n) is 13.3. The summed E-state index contributed by atoms with van der Waals surface area (Å²) in [6.07, 6.45) is 1.82. The summed E-state index contributed by atoms with van der Waals surface area (Å²) in [5, 5.41) is 6.27. The Kier molecular flexibility index (Phi) is 4.22. The van der Waals surface area contributed by atoms with Crippen LogP contribution in [0.1, 0.15) is 22.7 Å². The Hall–Kier alpha value is -2.49. The molecule has 24 heavy (non-hydrogen) atoms. The number of carbonyl (C=O) groups is 1. The van der Waals surface area contributed by atoms with Crippen LogP contribution in [0.4, 0.5) is 11.6 Å². The maximum absolute atomic E-state index is 12.2. The third kappa shape index (κ3) is 3.53. The second kappa shape index (κ2) is 6.19. The molecule has 0 aromatic carbocycles. The van der Waals surface area contributed by atoms with Gasteiger partial charge in [-0.25, -0.2) is 18.4 Å². The van der Waals surface area contributed by atoms with Gasteiger partial charge in [0, 0.05) is 25.2 Å². The fourth-order valence-corrected chi connectivity index (χ4v) is 4.31. The predicted molar refractivity (Wildman–Crippen MR) is 86.7 cm³/mol. The van der Waals surface area contributed by atoms with Gasteiger partial charge in [0.1, 0.15) is 23.6 Å². The van der Waals surface area contributed by atoms with E-state index in [4.69, 9.17) is 4.52 Å². The van der Waals surface area contributed by atoms with Crippen molar-refractivity contribution in [3.8, 4) is 0 Å². The third-order valence-corrected chi connectivity index (χ3v) is 5.62. The minimum absolute atomic E-state index is 0.0905. The Labute approximate surface area is 139 Å². The summed E-state index contributed by atoms with van der Waals surface area (Å²) in [7, 11) is -1.24. The highest BCUT2D eigenvalue weighted by atomic mass is 32.2. The molecule has 0 bridgehead atoms. The third-order valence-electron chi connectivity index (χ3n) is 3.87. The molecule has 1 atom stereocenters. The van der Waals surface area contributed by atoms with E-state index < -0.39 is 15.7 Å². The fraction of sp³-hybridized carbons (Fsp3) is 0.429. The van der Waals surface area contributed by atoms with Gasteiger partial charge in [0.2, 0.25) is 0 Å². The van der Waals surface area contributed by atoms with Crippen LogP contribution in [0.25, 0.3) is 0 Å². The number of aromatic nitrogens is 3. The number of sulfone groups is 1. The number of nitrogens with one attached hydrogen (secondary N) is 1. The van der Waals surface area contributed by atoms with E-state index in [-0.39, 0.29) is 23.2 Å². The number of carbonyl (C=O) groups excluding carboxylic acids is 1. The van der Waals surface area contributed by atoms with E-state index in [1.807, 2.05) is 0 Å². The quantitative estimate of drug-likeness (QED) is 0.853. The summed E-state index contributed by atoms with van der Waals surface area (Å²) >= 11 is 0. The molecule has 1 N–H and O–H groups in total. The number of hydrogen-bond acceptors (Lipinski definition) is 8. The molecule has 2 aromatic rings. The second-order valence-corrected chi connectivity index (χ2v) is 7.93. The number of nitrogens with zero attached hydrogens (tertiary/aromatic N) is 4. The van der Waals surface area contributed by atoms with Crippen molar-refractivity contribution in [1.82, 2.24) is 15.1 Å². The Morgan fingerprint density at radius 3 is 2.79 bits per heavy atom. The van der Waals surface area contributed by atoms with Gasteiger partial charge >= 0.3 is 0 Å². The Balaban J connectivity index is 1.75. The molecule has 0 saturated carbocycles. The summed E-state index contributed by atoms with van der Waals surface area (Å²) in [5.74, 6) is 1.19. The minimum Gasteiger partial charge on any atom is -0.360 e. The molecular weight excluding hydrogens is 334 g/mol. The van der Waals surface area contributed by atoms with Crippen LogP contribution < -0.4 is 10.2 Å². The van der Waals surface area contributed by atoms with E-state index in [0.29, 0.717) is 23.8 Å². The molecule has 0 aliphatic carbocycles.